The fraction of sp³-hybridized carbons (Fsp3) is 0.333. The second-order valence-electron chi connectivity index (χ2n) is 6.84. The second kappa shape index (κ2) is 7.67. The van der Waals surface area contributed by atoms with Crippen molar-refractivity contribution in [1.82, 2.24) is 10.3 Å². The van der Waals surface area contributed by atoms with Crippen LogP contribution >= 0.6 is 11.3 Å². The molecule has 1 amide bonds. The van der Waals surface area contributed by atoms with Crippen molar-refractivity contribution < 1.29 is 19.0 Å². The van der Waals surface area contributed by atoms with Crippen molar-refractivity contribution in [3.05, 3.63) is 35.8 Å². The number of carbonyl (C=O) groups excluding carboxylic acids is 1. The van der Waals surface area contributed by atoms with Gasteiger partial charge in [-0.25, -0.2) is 4.98 Å². The van der Waals surface area contributed by atoms with Crippen LogP contribution in [-0.4, -0.2) is 37.8 Å². The molecule has 1 unspecified atom stereocenters. The van der Waals surface area contributed by atoms with Crippen LogP contribution in [0.5, 0.6) is 17.2 Å². The molecule has 3 aromatic rings. The number of rotatable bonds is 6. The van der Waals surface area contributed by atoms with Crippen molar-refractivity contribution in [1.29, 1.82) is 0 Å². The van der Waals surface area contributed by atoms with Gasteiger partial charge in [0.15, 0.2) is 11.5 Å². The SMILES string of the molecule is COc1ccc(-c2cc(O[C@H](C)C3CNC(=O)C3)c3scnc3c2)cc1OC. The van der Waals surface area contributed by atoms with Gasteiger partial charge in [0.25, 0.3) is 0 Å². The maximum absolute atomic E-state index is 11.5. The maximum Gasteiger partial charge on any atom is 0.220 e. The lowest BCUT2D eigenvalue weighted by atomic mass is 10.0. The van der Waals surface area contributed by atoms with E-state index in [4.69, 9.17) is 14.2 Å². The van der Waals surface area contributed by atoms with E-state index in [0.29, 0.717) is 24.5 Å². The molecule has 4 rings (SSSR count). The summed E-state index contributed by atoms with van der Waals surface area (Å²) in [4.78, 5) is 16.0. The van der Waals surface area contributed by atoms with E-state index in [2.05, 4.69) is 10.3 Å². The van der Waals surface area contributed by atoms with Crippen LogP contribution in [0.2, 0.25) is 0 Å². The molecule has 7 heteroatoms. The first-order chi connectivity index (χ1) is 13.6. The average Bonchev–Trinajstić information content (AvgIpc) is 3.36. The summed E-state index contributed by atoms with van der Waals surface area (Å²) in [6.45, 7) is 2.67. The van der Waals surface area contributed by atoms with Crippen molar-refractivity contribution in [3.8, 4) is 28.4 Å². The molecule has 0 spiro atoms. The van der Waals surface area contributed by atoms with E-state index >= 15 is 0 Å². The van der Waals surface area contributed by atoms with Crippen LogP contribution in [0.4, 0.5) is 0 Å². The van der Waals surface area contributed by atoms with Gasteiger partial charge >= 0.3 is 0 Å². The Hall–Kier alpha value is -2.80. The van der Waals surface area contributed by atoms with E-state index in [0.717, 1.165) is 27.1 Å². The minimum Gasteiger partial charge on any atom is -0.493 e. The number of nitrogens with one attached hydrogen (secondary N) is 1. The van der Waals surface area contributed by atoms with Crippen LogP contribution in [0.3, 0.4) is 0 Å². The zero-order valence-corrected chi connectivity index (χ0v) is 16.8. The van der Waals surface area contributed by atoms with Gasteiger partial charge in [0.05, 0.1) is 29.9 Å². The topological polar surface area (TPSA) is 69.7 Å². The lowest BCUT2D eigenvalue weighted by Crippen LogP contribution is -2.25. The lowest BCUT2D eigenvalue weighted by molar-refractivity contribution is -0.119. The van der Waals surface area contributed by atoms with Crippen LogP contribution in [-0.2, 0) is 4.79 Å². The lowest BCUT2D eigenvalue weighted by Gasteiger charge is -2.20. The summed E-state index contributed by atoms with van der Waals surface area (Å²) >= 11 is 1.55. The molecule has 6 nitrogen and oxygen atoms in total. The Morgan fingerprint density at radius 2 is 1.89 bits per heavy atom. The molecule has 1 fully saturated rings. The number of hydrogen-bond donors (Lipinski definition) is 1. The van der Waals surface area contributed by atoms with E-state index < -0.39 is 0 Å². The minimum atomic E-state index is -0.0788. The highest BCUT2D eigenvalue weighted by molar-refractivity contribution is 7.17. The highest BCUT2D eigenvalue weighted by Gasteiger charge is 2.28. The number of benzene rings is 2. The van der Waals surface area contributed by atoms with Gasteiger partial charge in [-0.05, 0) is 42.3 Å². The summed E-state index contributed by atoms with van der Waals surface area (Å²) in [6, 6.07) is 9.90. The van der Waals surface area contributed by atoms with Crippen molar-refractivity contribution in [2.75, 3.05) is 20.8 Å². The molecule has 2 heterocycles. The predicted octanol–water partition coefficient (Wildman–Crippen LogP) is 3.88. The number of hydrogen-bond acceptors (Lipinski definition) is 6. The Kier molecular flexibility index (Phi) is 5.09. The van der Waals surface area contributed by atoms with Gasteiger partial charge in [-0.3, -0.25) is 4.79 Å². The molecule has 1 aliphatic rings. The Morgan fingerprint density at radius 3 is 2.61 bits per heavy atom. The first kappa shape index (κ1) is 18.6. The molecule has 146 valence electrons. The highest BCUT2D eigenvalue weighted by Crippen LogP contribution is 2.38. The predicted molar refractivity (Wildman–Crippen MR) is 109 cm³/mol. The van der Waals surface area contributed by atoms with E-state index in [1.807, 2.05) is 42.8 Å². The normalized spacial score (nSPS) is 17.4. The molecule has 28 heavy (non-hydrogen) atoms. The first-order valence-corrected chi connectivity index (χ1v) is 10.00. The number of thiazole rings is 1. The zero-order valence-electron chi connectivity index (χ0n) is 16.0. The summed E-state index contributed by atoms with van der Waals surface area (Å²) in [5.41, 5.74) is 4.69. The van der Waals surface area contributed by atoms with Crippen LogP contribution in [0.25, 0.3) is 21.3 Å². The molecule has 0 bridgehead atoms. The van der Waals surface area contributed by atoms with Gasteiger partial charge in [-0.2, -0.15) is 0 Å². The fourth-order valence-electron chi connectivity index (χ4n) is 3.46. The summed E-state index contributed by atoms with van der Waals surface area (Å²) in [5.74, 6) is 2.40. The average molecular weight is 398 g/mol. The van der Waals surface area contributed by atoms with Crippen LogP contribution in [0.1, 0.15) is 13.3 Å². The number of aromatic nitrogens is 1. The molecule has 1 aliphatic heterocycles. The second-order valence-corrected chi connectivity index (χ2v) is 7.69. The first-order valence-electron chi connectivity index (χ1n) is 9.12. The monoisotopic (exact) mass is 398 g/mol. The number of nitrogens with zero attached hydrogens (tertiary/aromatic N) is 1. The molecule has 2 aromatic carbocycles. The summed E-state index contributed by atoms with van der Waals surface area (Å²) in [6.07, 6.45) is 0.424. The Morgan fingerprint density at radius 1 is 1.11 bits per heavy atom. The molecule has 2 atom stereocenters. The summed E-state index contributed by atoms with van der Waals surface area (Å²) in [7, 11) is 3.24. The Balaban J connectivity index is 1.70. The van der Waals surface area contributed by atoms with Gasteiger partial charge in [0, 0.05) is 18.9 Å². The largest absolute Gasteiger partial charge is 0.493 e. The van der Waals surface area contributed by atoms with Gasteiger partial charge in [0.2, 0.25) is 5.91 Å². The molecular formula is C21H22N2O4S. The van der Waals surface area contributed by atoms with Crippen molar-refractivity contribution >= 4 is 27.5 Å². The third-order valence-electron chi connectivity index (χ3n) is 5.10. The fourth-order valence-corrected chi connectivity index (χ4v) is 4.19. The van der Waals surface area contributed by atoms with E-state index in [-0.39, 0.29) is 17.9 Å². The van der Waals surface area contributed by atoms with Gasteiger partial charge < -0.3 is 19.5 Å². The van der Waals surface area contributed by atoms with Crippen molar-refractivity contribution in [3.63, 3.8) is 0 Å². The van der Waals surface area contributed by atoms with E-state index in [1.54, 1.807) is 25.6 Å². The number of methoxy groups -OCH3 is 2. The highest BCUT2D eigenvalue weighted by atomic mass is 32.1. The molecule has 0 radical (unpaired) electrons. The van der Waals surface area contributed by atoms with Gasteiger partial charge in [0.1, 0.15) is 11.9 Å². The van der Waals surface area contributed by atoms with Gasteiger partial charge in [-0.1, -0.05) is 6.07 Å². The van der Waals surface area contributed by atoms with Crippen LogP contribution < -0.4 is 19.5 Å². The van der Waals surface area contributed by atoms with Crippen LogP contribution in [0, 0.1) is 5.92 Å². The maximum atomic E-state index is 11.5. The smallest absolute Gasteiger partial charge is 0.220 e. The molecular weight excluding hydrogens is 376 g/mol. The standard InChI is InChI=1S/C21H22N2O4S/c1-12(15-9-20(24)22-10-15)27-19-8-14(6-16-21(19)28-11-23-16)13-4-5-17(25-2)18(7-13)26-3/h4-8,11-12,15H,9-10H2,1-3H3,(H,22,24)/t12-,15?/m1/s1. The minimum absolute atomic E-state index is 0.0788. The number of carbonyl (C=O) groups is 1. The number of ether oxygens (including phenoxy) is 3. The molecule has 0 saturated carbocycles. The molecule has 0 aliphatic carbocycles. The van der Waals surface area contributed by atoms with E-state index in [9.17, 15) is 4.79 Å². The number of fused-ring (bicyclic) bond motifs is 1. The molecule has 1 aromatic heterocycles. The number of amides is 1. The summed E-state index contributed by atoms with van der Waals surface area (Å²) < 4.78 is 18.1. The zero-order chi connectivity index (χ0) is 19.7. The molecule has 1 saturated heterocycles. The van der Waals surface area contributed by atoms with Crippen LogP contribution in [0.15, 0.2) is 35.8 Å². The third-order valence-corrected chi connectivity index (χ3v) is 5.96. The van der Waals surface area contributed by atoms with Crippen molar-refractivity contribution in [2.24, 2.45) is 5.92 Å². The summed E-state index contributed by atoms with van der Waals surface area (Å²) in [5, 5.41) is 2.87. The van der Waals surface area contributed by atoms with Gasteiger partial charge in [-0.15, -0.1) is 11.3 Å². The third kappa shape index (κ3) is 3.49. The quantitative estimate of drug-likeness (QED) is 0.682. The van der Waals surface area contributed by atoms with Crippen molar-refractivity contribution in [2.45, 2.75) is 19.4 Å². The molecule has 1 N–H and O–H groups in total. The Bertz CT molecular complexity index is 1020. The van der Waals surface area contributed by atoms with E-state index in [1.165, 1.54) is 0 Å². The Labute approximate surface area is 167 Å².